The van der Waals surface area contributed by atoms with Crippen LogP contribution in [0, 0.1) is 24.0 Å². The van der Waals surface area contributed by atoms with Gasteiger partial charge < -0.3 is 15.2 Å². The van der Waals surface area contributed by atoms with Crippen LogP contribution in [-0.2, 0) is 6.54 Å². The van der Waals surface area contributed by atoms with Gasteiger partial charge in [-0.1, -0.05) is 6.92 Å². The molecule has 0 saturated carbocycles. The number of piperidine rings is 1. The summed E-state index contributed by atoms with van der Waals surface area (Å²) in [5.41, 5.74) is 3.00. The molecular weight excluding hydrogens is 486 g/mol. The van der Waals surface area contributed by atoms with Crippen molar-refractivity contribution in [2.45, 2.75) is 52.7 Å². The van der Waals surface area contributed by atoms with Gasteiger partial charge in [-0.05, 0) is 62.9 Å². The fourth-order valence-corrected chi connectivity index (χ4v) is 6.06. The number of hydrogen-bond acceptors (Lipinski definition) is 7. The summed E-state index contributed by atoms with van der Waals surface area (Å²) in [6.45, 7) is 12.2. The number of benzene rings is 1. The Morgan fingerprint density at radius 3 is 2.63 bits per heavy atom. The number of pyridine rings is 1. The van der Waals surface area contributed by atoms with Crippen molar-refractivity contribution in [3.8, 4) is 11.1 Å². The van der Waals surface area contributed by atoms with E-state index < -0.39 is 11.6 Å². The summed E-state index contributed by atoms with van der Waals surface area (Å²) in [6, 6.07) is 5.26. The number of halogens is 2. The van der Waals surface area contributed by atoms with Crippen molar-refractivity contribution < 1.29 is 8.78 Å². The van der Waals surface area contributed by atoms with Crippen LogP contribution in [0.1, 0.15) is 44.6 Å². The lowest BCUT2D eigenvalue weighted by atomic mass is 9.69. The molecule has 2 aliphatic rings. The van der Waals surface area contributed by atoms with Crippen LogP contribution < -0.4 is 10.6 Å². The smallest absolute Gasteiger partial charge is 0.228 e. The van der Waals surface area contributed by atoms with E-state index in [-0.39, 0.29) is 17.1 Å². The molecule has 10 heteroatoms. The molecule has 198 valence electrons. The standard InChI is InChI=1S/C28H32F2N8/c1-16(2)38-17(3)35-26-21(29)7-19(8-23(26)38)20-9-25(32-12-22(20)30)36-27-33-10-18(11-34-27)14-37-15-28(4)5-6-31-13-24(28)37/h7-12,16,24,31H,5-6,13-15H2,1-4H3,(H,32,33,34,36)/t24-,28-/m1/s1. The van der Waals surface area contributed by atoms with Crippen molar-refractivity contribution in [1.29, 1.82) is 0 Å². The van der Waals surface area contributed by atoms with E-state index in [1.807, 2.05) is 37.7 Å². The number of rotatable bonds is 6. The van der Waals surface area contributed by atoms with Gasteiger partial charge in [-0.3, -0.25) is 4.90 Å². The van der Waals surface area contributed by atoms with Gasteiger partial charge in [0, 0.05) is 55.2 Å². The summed E-state index contributed by atoms with van der Waals surface area (Å²) in [5, 5.41) is 6.54. The summed E-state index contributed by atoms with van der Waals surface area (Å²) >= 11 is 0. The van der Waals surface area contributed by atoms with E-state index >= 15 is 0 Å². The predicted molar refractivity (Wildman–Crippen MR) is 143 cm³/mol. The largest absolute Gasteiger partial charge is 0.326 e. The van der Waals surface area contributed by atoms with Gasteiger partial charge in [0.05, 0.1) is 11.7 Å². The van der Waals surface area contributed by atoms with Crippen LogP contribution in [0.15, 0.2) is 36.8 Å². The number of aromatic nitrogens is 5. The molecule has 5 heterocycles. The molecule has 8 nitrogen and oxygen atoms in total. The minimum absolute atomic E-state index is 0.0826. The predicted octanol–water partition coefficient (Wildman–Crippen LogP) is 4.98. The van der Waals surface area contributed by atoms with E-state index in [9.17, 15) is 8.78 Å². The highest BCUT2D eigenvalue weighted by atomic mass is 19.1. The lowest BCUT2D eigenvalue weighted by Crippen LogP contribution is -2.69. The molecule has 38 heavy (non-hydrogen) atoms. The third-order valence-corrected chi connectivity index (χ3v) is 7.96. The quantitative estimate of drug-likeness (QED) is 0.372. The highest BCUT2D eigenvalue weighted by Crippen LogP contribution is 2.42. The Morgan fingerprint density at radius 2 is 1.89 bits per heavy atom. The molecule has 6 rings (SSSR count). The van der Waals surface area contributed by atoms with Crippen molar-refractivity contribution in [3.63, 3.8) is 0 Å². The maximum Gasteiger partial charge on any atom is 0.228 e. The van der Waals surface area contributed by atoms with Crippen molar-refractivity contribution in [3.05, 3.63) is 59.8 Å². The van der Waals surface area contributed by atoms with E-state index in [0.29, 0.717) is 40.1 Å². The fraction of sp³-hybridized carbons (Fsp3) is 0.429. The number of hydrogen-bond donors (Lipinski definition) is 2. The van der Waals surface area contributed by atoms with Gasteiger partial charge in [0.25, 0.3) is 0 Å². The zero-order chi connectivity index (χ0) is 26.6. The van der Waals surface area contributed by atoms with E-state index in [4.69, 9.17) is 0 Å². The summed E-state index contributed by atoms with van der Waals surface area (Å²) < 4.78 is 31.8. The second-order valence-electron chi connectivity index (χ2n) is 11.1. The molecule has 0 aliphatic carbocycles. The molecule has 0 radical (unpaired) electrons. The first kappa shape index (κ1) is 24.8. The maximum atomic E-state index is 15.0. The van der Waals surface area contributed by atoms with Gasteiger partial charge in [0.15, 0.2) is 5.82 Å². The highest BCUT2D eigenvalue weighted by Gasteiger charge is 2.49. The lowest BCUT2D eigenvalue weighted by molar-refractivity contribution is -0.0862. The number of aryl methyl sites for hydroxylation is 1. The molecule has 0 unspecified atom stereocenters. The summed E-state index contributed by atoms with van der Waals surface area (Å²) in [5.74, 6) is 0.410. The topological polar surface area (TPSA) is 83.8 Å². The van der Waals surface area contributed by atoms with E-state index in [2.05, 4.69) is 42.4 Å². The summed E-state index contributed by atoms with van der Waals surface area (Å²) in [6.07, 6.45) is 5.95. The van der Waals surface area contributed by atoms with Crippen LogP contribution >= 0.6 is 0 Å². The van der Waals surface area contributed by atoms with Crippen LogP contribution in [0.25, 0.3) is 22.2 Å². The minimum atomic E-state index is -0.545. The molecule has 2 aliphatic heterocycles. The van der Waals surface area contributed by atoms with Gasteiger partial charge in [-0.25, -0.2) is 28.7 Å². The lowest BCUT2D eigenvalue weighted by Gasteiger charge is -2.58. The number of nitrogens with zero attached hydrogens (tertiary/aromatic N) is 6. The SMILES string of the molecule is Cc1nc2c(F)cc(-c3cc(Nc4ncc(CN5C[C@@]6(C)CCNC[C@@H]56)cn4)ncc3F)cc2n1C(C)C. The van der Waals surface area contributed by atoms with Gasteiger partial charge in [0.1, 0.15) is 23.0 Å². The van der Waals surface area contributed by atoms with Gasteiger partial charge in [-0.2, -0.15) is 0 Å². The maximum absolute atomic E-state index is 15.0. The normalized spacial score (nSPS) is 21.5. The van der Waals surface area contributed by atoms with Gasteiger partial charge >= 0.3 is 0 Å². The molecule has 2 saturated heterocycles. The first-order valence-electron chi connectivity index (χ1n) is 13.1. The van der Waals surface area contributed by atoms with Crippen LogP contribution in [0.3, 0.4) is 0 Å². The van der Waals surface area contributed by atoms with E-state index in [1.165, 1.54) is 12.5 Å². The Morgan fingerprint density at radius 1 is 1.11 bits per heavy atom. The van der Waals surface area contributed by atoms with Gasteiger partial charge in [-0.15, -0.1) is 0 Å². The molecule has 0 spiro atoms. The summed E-state index contributed by atoms with van der Waals surface area (Å²) in [4.78, 5) is 19.9. The molecule has 1 aromatic carbocycles. The first-order valence-corrected chi connectivity index (χ1v) is 13.1. The van der Waals surface area contributed by atoms with E-state index in [0.717, 1.165) is 37.9 Å². The van der Waals surface area contributed by atoms with Crippen LogP contribution in [-0.4, -0.2) is 55.1 Å². The molecule has 0 bridgehead atoms. The van der Waals surface area contributed by atoms with Crippen molar-refractivity contribution in [1.82, 2.24) is 34.7 Å². The third kappa shape index (κ3) is 4.31. The molecule has 0 amide bonds. The first-order chi connectivity index (χ1) is 18.2. The van der Waals surface area contributed by atoms with Crippen molar-refractivity contribution >= 4 is 22.8 Å². The average Bonchev–Trinajstić information content (AvgIpc) is 3.22. The third-order valence-electron chi connectivity index (χ3n) is 7.96. The molecule has 4 aromatic rings. The number of imidazole rings is 1. The molecule has 2 fully saturated rings. The number of fused-ring (bicyclic) bond motifs is 2. The zero-order valence-corrected chi connectivity index (χ0v) is 22.1. The average molecular weight is 519 g/mol. The minimum Gasteiger partial charge on any atom is -0.326 e. The molecule has 2 atom stereocenters. The van der Waals surface area contributed by atoms with Crippen LogP contribution in [0.5, 0.6) is 0 Å². The number of likely N-dealkylation sites (tertiary alicyclic amines) is 1. The Balaban J connectivity index is 1.21. The number of nitrogens with one attached hydrogen (secondary N) is 2. The second kappa shape index (κ2) is 9.36. The zero-order valence-electron chi connectivity index (χ0n) is 22.1. The van der Waals surface area contributed by atoms with Gasteiger partial charge in [0.2, 0.25) is 5.95 Å². The Bertz CT molecular complexity index is 1500. The fourth-order valence-electron chi connectivity index (χ4n) is 6.06. The van der Waals surface area contributed by atoms with E-state index in [1.54, 1.807) is 12.1 Å². The molecule has 3 aromatic heterocycles. The molecular formula is C28H32F2N8. The summed E-state index contributed by atoms with van der Waals surface area (Å²) in [7, 11) is 0. The number of anilines is 2. The molecule has 2 N–H and O–H groups in total. The Kier molecular flexibility index (Phi) is 6.11. The monoisotopic (exact) mass is 518 g/mol. The Hall–Kier alpha value is -3.50. The highest BCUT2D eigenvalue weighted by molar-refractivity contribution is 5.84. The van der Waals surface area contributed by atoms with Crippen LogP contribution in [0.2, 0.25) is 0 Å². The van der Waals surface area contributed by atoms with Crippen molar-refractivity contribution in [2.75, 3.05) is 25.0 Å². The second-order valence-corrected chi connectivity index (χ2v) is 11.1. The van der Waals surface area contributed by atoms with Crippen LogP contribution in [0.4, 0.5) is 20.5 Å². The Labute approximate surface area is 220 Å². The van der Waals surface area contributed by atoms with Crippen molar-refractivity contribution in [2.24, 2.45) is 5.41 Å².